The van der Waals surface area contributed by atoms with E-state index in [4.69, 9.17) is 5.11 Å². The van der Waals surface area contributed by atoms with Crippen LogP contribution in [0.4, 0.5) is 0 Å². The molecule has 0 rings (SSSR count). The zero-order valence-electron chi connectivity index (χ0n) is 10.1. The molecule has 0 aliphatic heterocycles. The lowest BCUT2D eigenvalue weighted by molar-refractivity contribution is -0.145. The minimum Gasteiger partial charge on any atom is -0.481 e. The van der Waals surface area contributed by atoms with E-state index < -0.39 is 11.9 Å². The number of carboxylic acid groups (broad SMARTS) is 1. The van der Waals surface area contributed by atoms with E-state index in [0.717, 1.165) is 12.8 Å². The summed E-state index contributed by atoms with van der Waals surface area (Å²) in [4.78, 5) is 22.0. The molecule has 0 bridgehead atoms. The zero-order chi connectivity index (χ0) is 12.6. The van der Waals surface area contributed by atoms with E-state index >= 15 is 0 Å². The molecule has 0 aromatic heterocycles. The van der Waals surface area contributed by atoms with Crippen LogP contribution in [0.5, 0.6) is 0 Å². The summed E-state index contributed by atoms with van der Waals surface area (Å²) in [6.45, 7) is 3.47. The van der Waals surface area contributed by atoms with Crippen LogP contribution in [0.2, 0.25) is 0 Å². The lowest BCUT2D eigenvalue weighted by Gasteiger charge is -2.16. The molecule has 4 heteroatoms. The molecule has 0 fully saturated rings. The number of carboxylic acids is 1. The minimum atomic E-state index is -1.05. The van der Waals surface area contributed by atoms with Crippen LogP contribution in [-0.2, 0) is 9.59 Å². The van der Waals surface area contributed by atoms with E-state index in [2.05, 4.69) is 19.6 Å². The van der Waals surface area contributed by atoms with Crippen molar-refractivity contribution in [3.8, 4) is 0 Å². The summed E-state index contributed by atoms with van der Waals surface area (Å²) in [6.07, 6.45) is 6.32. The number of ketones is 1. The molecular weight excluding hydrogens is 224 g/mol. The number of unbranched alkanes of at least 4 members (excludes halogenated alkanes) is 4. The number of thiol groups is 1. The molecule has 0 saturated heterocycles. The second-order valence-corrected chi connectivity index (χ2v) is 4.86. The van der Waals surface area contributed by atoms with Gasteiger partial charge in [0.15, 0.2) is 0 Å². The molecule has 0 heterocycles. The third-order valence-corrected chi connectivity index (χ3v) is 3.25. The lowest BCUT2D eigenvalue weighted by atomic mass is 9.96. The first-order valence-corrected chi connectivity index (χ1v) is 6.43. The fourth-order valence-electron chi connectivity index (χ4n) is 1.73. The van der Waals surface area contributed by atoms with Crippen molar-refractivity contribution in [3.05, 3.63) is 0 Å². The second-order valence-electron chi connectivity index (χ2n) is 4.20. The minimum absolute atomic E-state index is 0.305. The predicted octanol–water partition coefficient (Wildman–Crippen LogP) is 2.94. The van der Waals surface area contributed by atoms with Crippen molar-refractivity contribution in [3.63, 3.8) is 0 Å². The molecule has 0 aromatic carbocycles. The highest BCUT2D eigenvalue weighted by Crippen LogP contribution is 2.19. The highest BCUT2D eigenvalue weighted by atomic mass is 32.1. The topological polar surface area (TPSA) is 54.4 Å². The second kappa shape index (κ2) is 8.62. The van der Waals surface area contributed by atoms with Crippen LogP contribution in [-0.4, -0.2) is 22.1 Å². The molecule has 3 nitrogen and oxygen atoms in total. The van der Waals surface area contributed by atoms with Crippen molar-refractivity contribution >= 4 is 24.4 Å². The van der Waals surface area contributed by atoms with Crippen molar-refractivity contribution in [1.82, 2.24) is 0 Å². The van der Waals surface area contributed by atoms with Gasteiger partial charge in [0.1, 0.15) is 11.7 Å². The molecule has 16 heavy (non-hydrogen) atoms. The van der Waals surface area contributed by atoms with E-state index in [1.807, 2.05) is 0 Å². The molecule has 0 radical (unpaired) electrons. The molecular formula is C12H22O3S. The van der Waals surface area contributed by atoms with Crippen LogP contribution in [0.25, 0.3) is 0 Å². The molecule has 0 saturated carbocycles. The largest absolute Gasteiger partial charge is 0.481 e. The van der Waals surface area contributed by atoms with Crippen molar-refractivity contribution in [2.24, 2.45) is 5.92 Å². The maximum atomic E-state index is 11.1. The van der Waals surface area contributed by atoms with Gasteiger partial charge in [0.2, 0.25) is 0 Å². The third-order valence-electron chi connectivity index (χ3n) is 2.69. The Hall–Kier alpha value is -0.510. The van der Waals surface area contributed by atoms with Gasteiger partial charge < -0.3 is 5.11 Å². The standard InChI is InChI=1S/C12H22O3S/c1-3-4-5-6-7-8-10(16)11(9(2)13)12(14)15/h10-11,16H,3-8H2,1-2H3,(H,14,15). The van der Waals surface area contributed by atoms with Crippen molar-refractivity contribution in [2.45, 2.75) is 57.6 Å². The van der Waals surface area contributed by atoms with Gasteiger partial charge >= 0.3 is 5.97 Å². The molecule has 0 amide bonds. The Labute approximate surface area is 103 Å². The highest BCUT2D eigenvalue weighted by Gasteiger charge is 2.29. The summed E-state index contributed by atoms with van der Waals surface area (Å²) in [5.41, 5.74) is 0. The number of carbonyl (C=O) groups excluding carboxylic acids is 1. The summed E-state index contributed by atoms with van der Waals surface area (Å²) in [7, 11) is 0. The van der Waals surface area contributed by atoms with Crippen molar-refractivity contribution in [1.29, 1.82) is 0 Å². The van der Waals surface area contributed by atoms with Crippen molar-refractivity contribution < 1.29 is 14.7 Å². The van der Waals surface area contributed by atoms with Gasteiger partial charge in [-0.2, -0.15) is 12.6 Å². The number of rotatable bonds is 9. The van der Waals surface area contributed by atoms with E-state index in [1.54, 1.807) is 0 Å². The summed E-state index contributed by atoms with van der Waals surface area (Å²) in [6, 6.07) is 0. The van der Waals surface area contributed by atoms with Gasteiger partial charge in [-0.1, -0.05) is 39.0 Å². The monoisotopic (exact) mass is 246 g/mol. The molecule has 94 valence electrons. The quantitative estimate of drug-likeness (QED) is 0.373. The van der Waals surface area contributed by atoms with Gasteiger partial charge in [0, 0.05) is 5.25 Å². The Balaban J connectivity index is 3.88. The average Bonchev–Trinajstić information content (AvgIpc) is 2.16. The van der Waals surface area contributed by atoms with Gasteiger partial charge in [0.25, 0.3) is 0 Å². The van der Waals surface area contributed by atoms with Crippen LogP contribution in [0, 0.1) is 5.92 Å². The molecule has 2 unspecified atom stereocenters. The van der Waals surface area contributed by atoms with Gasteiger partial charge in [-0.25, -0.2) is 0 Å². The van der Waals surface area contributed by atoms with E-state index in [1.165, 1.54) is 26.2 Å². The molecule has 1 N–H and O–H groups in total. The van der Waals surface area contributed by atoms with Gasteiger partial charge in [-0.3, -0.25) is 9.59 Å². The van der Waals surface area contributed by atoms with Gasteiger partial charge in [-0.15, -0.1) is 0 Å². The number of carbonyl (C=O) groups is 2. The smallest absolute Gasteiger partial charge is 0.315 e. The summed E-state index contributed by atoms with van der Waals surface area (Å²) >= 11 is 4.23. The van der Waals surface area contributed by atoms with E-state index in [-0.39, 0.29) is 11.0 Å². The van der Waals surface area contributed by atoms with Crippen molar-refractivity contribution in [2.75, 3.05) is 0 Å². The molecule has 0 aliphatic rings. The van der Waals surface area contributed by atoms with Crippen LogP contribution in [0.3, 0.4) is 0 Å². The summed E-state index contributed by atoms with van der Waals surface area (Å²) < 4.78 is 0. The van der Waals surface area contributed by atoms with Crippen LogP contribution < -0.4 is 0 Å². The fourth-order valence-corrected chi connectivity index (χ4v) is 2.25. The molecule has 0 aromatic rings. The number of aliphatic carboxylic acids is 1. The maximum Gasteiger partial charge on any atom is 0.315 e. The first-order chi connectivity index (χ1) is 7.50. The molecule has 0 spiro atoms. The highest BCUT2D eigenvalue weighted by molar-refractivity contribution is 7.81. The first-order valence-electron chi connectivity index (χ1n) is 5.92. The van der Waals surface area contributed by atoms with Crippen LogP contribution in [0.15, 0.2) is 0 Å². The lowest BCUT2D eigenvalue weighted by Crippen LogP contribution is -2.30. The van der Waals surface area contributed by atoms with Gasteiger partial charge in [-0.05, 0) is 13.3 Å². The number of hydrogen-bond acceptors (Lipinski definition) is 3. The van der Waals surface area contributed by atoms with Crippen LogP contribution >= 0.6 is 12.6 Å². The first kappa shape index (κ1) is 15.5. The normalized spacial score (nSPS) is 14.4. The molecule has 2 atom stereocenters. The Bertz CT molecular complexity index is 214. The fraction of sp³-hybridized carbons (Fsp3) is 0.833. The SMILES string of the molecule is CCCCCCCC(S)C(C(C)=O)C(=O)O. The van der Waals surface area contributed by atoms with Gasteiger partial charge in [0.05, 0.1) is 0 Å². The number of hydrogen-bond donors (Lipinski definition) is 2. The summed E-state index contributed by atoms with van der Waals surface area (Å²) in [5.74, 6) is -2.31. The Morgan fingerprint density at radius 3 is 2.19 bits per heavy atom. The Morgan fingerprint density at radius 2 is 1.75 bits per heavy atom. The Kier molecular flexibility index (Phi) is 8.35. The maximum absolute atomic E-state index is 11.1. The van der Waals surface area contributed by atoms with E-state index in [9.17, 15) is 9.59 Å². The van der Waals surface area contributed by atoms with Crippen LogP contribution in [0.1, 0.15) is 52.4 Å². The van der Waals surface area contributed by atoms with E-state index in [0.29, 0.717) is 6.42 Å². The predicted molar refractivity (Wildman–Crippen MR) is 68.0 cm³/mol. The average molecular weight is 246 g/mol. The Morgan fingerprint density at radius 1 is 1.19 bits per heavy atom. The number of Topliss-reactive ketones (excluding diaryl/α,β-unsaturated/α-hetero) is 1. The third kappa shape index (κ3) is 6.16. The molecule has 0 aliphatic carbocycles. The summed E-state index contributed by atoms with van der Waals surface area (Å²) in [5, 5.41) is 8.53. The zero-order valence-corrected chi connectivity index (χ0v) is 11.0.